The van der Waals surface area contributed by atoms with Crippen molar-refractivity contribution in [2.45, 2.75) is 32.8 Å². The van der Waals surface area contributed by atoms with Gasteiger partial charge in [-0.2, -0.15) is 0 Å². The molecule has 1 aliphatic heterocycles. The Bertz CT molecular complexity index is 1390. The number of carbonyl (C=O) groups excluding carboxylic acids is 2. The number of aromatic nitrogens is 1. The molecule has 1 atom stereocenters. The summed E-state index contributed by atoms with van der Waals surface area (Å²) in [5.74, 6) is 0.0841. The number of nitrogens with one attached hydrogen (secondary N) is 1. The fourth-order valence-corrected chi connectivity index (χ4v) is 4.58. The predicted octanol–water partition coefficient (Wildman–Crippen LogP) is 5.37. The van der Waals surface area contributed by atoms with E-state index >= 15 is 0 Å². The zero-order valence-corrected chi connectivity index (χ0v) is 20.5. The maximum Gasteiger partial charge on any atom is 0.255 e. The van der Waals surface area contributed by atoms with Gasteiger partial charge in [0.15, 0.2) is 5.76 Å². The van der Waals surface area contributed by atoms with E-state index in [1.165, 1.54) is 0 Å². The van der Waals surface area contributed by atoms with E-state index in [1.54, 1.807) is 23.3 Å². The smallest absolute Gasteiger partial charge is 0.255 e. The number of pyridine rings is 1. The Morgan fingerprint density at radius 2 is 1.94 bits per heavy atom. The van der Waals surface area contributed by atoms with E-state index in [9.17, 15) is 9.59 Å². The minimum absolute atomic E-state index is 0.0845. The lowest BCUT2D eigenvalue weighted by molar-refractivity contribution is -0.117. The molecule has 2 aromatic heterocycles. The van der Waals surface area contributed by atoms with Crippen LogP contribution in [0.25, 0.3) is 22.4 Å². The maximum atomic E-state index is 14.0. The van der Waals surface area contributed by atoms with Crippen LogP contribution in [0.1, 0.15) is 34.3 Å². The number of benzene rings is 2. The van der Waals surface area contributed by atoms with Crippen molar-refractivity contribution in [2.24, 2.45) is 0 Å². The summed E-state index contributed by atoms with van der Waals surface area (Å²) in [5, 5.41) is 3.71. The molecule has 4 aromatic rings. The highest BCUT2D eigenvalue weighted by Gasteiger charge is 2.27. The molecule has 0 aliphatic carbocycles. The molecule has 184 valence electrons. The van der Waals surface area contributed by atoms with Crippen LogP contribution in [-0.2, 0) is 9.53 Å². The lowest BCUT2D eigenvalue weighted by atomic mass is 10.0. The number of hydrogen-bond donors (Lipinski definition) is 1. The van der Waals surface area contributed by atoms with E-state index in [2.05, 4.69) is 10.3 Å². The molecule has 0 bridgehead atoms. The van der Waals surface area contributed by atoms with Crippen LogP contribution in [0.4, 0.5) is 5.69 Å². The molecule has 1 aliphatic rings. The molecule has 0 saturated carbocycles. The van der Waals surface area contributed by atoms with Gasteiger partial charge in [0.05, 0.1) is 23.4 Å². The first-order chi connectivity index (χ1) is 17.5. The molecular weight excluding hydrogens is 454 g/mol. The molecule has 7 nitrogen and oxygen atoms in total. The number of ether oxygens (including phenoxy) is 1. The van der Waals surface area contributed by atoms with Gasteiger partial charge in [0, 0.05) is 24.2 Å². The highest BCUT2D eigenvalue weighted by molar-refractivity contribution is 6.08. The lowest BCUT2D eigenvalue weighted by Crippen LogP contribution is -2.42. The van der Waals surface area contributed by atoms with Crippen molar-refractivity contribution in [1.82, 2.24) is 9.88 Å². The van der Waals surface area contributed by atoms with Crippen LogP contribution in [0.2, 0.25) is 0 Å². The lowest BCUT2D eigenvalue weighted by Gasteiger charge is -2.26. The van der Waals surface area contributed by atoms with Gasteiger partial charge in [0.25, 0.3) is 5.91 Å². The molecule has 7 heteroatoms. The first kappa shape index (κ1) is 23.8. The van der Waals surface area contributed by atoms with E-state index in [0.717, 1.165) is 35.0 Å². The number of fused-ring (bicyclic) bond motifs is 1. The quantitative estimate of drug-likeness (QED) is 0.382. The average Bonchev–Trinajstić information content (AvgIpc) is 3.60. The molecule has 1 fully saturated rings. The van der Waals surface area contributed by atoms with Gasteiger partial charge >= 0.3 is 0 Å². The van der Waals surface area contributed by atoms with Crippen molar-refractivity contribution in [3.8, 4) is 11.5 Å². The van der Waals surface area contributed by atoms with Crippen LogP contribution in [0.15, 0.2) is 71.3 Å². The molecule has 5 rings (SSSR count). The summed E-state index contributed by atoms with van der Waals surface area (Å²) in [5.41, 5.74) is 4.58. The van der Waals surface area contributed by atoms with Gasteiger partial charge in [-0.05, 0) is 68.1 Å². The third kappa shape index (κ3) is 5.02. The standard InChI is InChI=1S/C29H29N3O4/c1-19-8-5-12-24(20(19)2)31-28(33)18-32(17-21-9-6-14-35-21)29(34)23-16-26(27-13-7-15-36-27)30-25-11-4-3-10-22(23)25/h3-5,7-8,10-13,15-16,21H,6,9,14,17-18H2,1-2H3,(H,31,33)/t21-/m0/s1. The molecule has 0 unspecified atom stereocenters. The first-order valence-electron chi connectivity index (χ1n) is 12.2. The Morgan fingerprint density at radius 3 is 2.72 bits per heavy atom. The van der Waals surface area contributed by atoms with Gasteiger partial charge in [-0.25, -0.2) is 4.98 Å². The minimum atomic E-state index is -0.250. The molecule has 2 amide bonds. The predicted molar refractivity (Wildman–Crippen MR) is 139 cm³/mol. The van der Waals surface area contributed by atoms with E-state index in [1.807, 2.05) is 62.4 Å². The number of aryl methyl sites for hydroxylation is 1. The molecule has 1 saturated heterocycles. The summed E-state index contributed by atoms with van der Waals surface area (Å²) in [7, 11) is 0. The second kappa shape index (κ2) is 10.3. The fourth-order valence-electron chi connectivity index (χ4n) is 4.58. The van der Waals surface area contributed by atoms with E-state index in [4.69, 9.17) is 9.15 Å². The van der Waals surface area contributed by atoms with E-state index < -0.39 is 0 Å². The van der Waals surface area contributed by atoms with Crippen LogP contribution in [0.3, 0.4) is 0 Å². The summed E-state index contributed by atoms with van der Waals surface area (Å²) in [4.78, 5) is 33.4. The largest absolute Gasteiger partial charge is 0.463 e. The maximum absolute atomic E-state index is 14.0. The Hall–Kier alpha value is -3.97. The van der Waals surface area contributed by atoms with Gasteiger partial charge in [-0.1, -0.05) is 30.3 Å². The molecule has 3 heterocycles. The minimum Gasteiger partial charge on any atom is -0.463 e. The zero-order chi connectivity index (χ0) is 25.1. The number of furan rings is 1. The normalized spacial score (nSPS) is 15.2. The summed E-state index contributed by atoms with van der Waals surface area (Å²) < 4.78 is 11.4. The second-order valence-corrected chi connectivity index (χ2v) is 9.17. The van der Waals surface area contributed by atoms with Crippen molar-refractivity contribution in [3.63, 3.8) is 0 Å². The van der Waals surface area contributed by atoms with Crippen LogP contribution in [0.5, 0.6) is 0 Å². The number of carbonyl (C=O) groups is 2. The SMILES string of the molecule is Cc1cccc(NC(=O)CN(C[C@@H]2CCCO2)C(=O)c2cc(-c3ccco3)nc3ccccc23)c1C. The Kier molecular flexibility index (Phi) is 6.82. The van der Waals surface area contributed by atoms with Gasteiger partial charge in [0.1, 0.15) is 12.2 Å². The Labute approximate surface area is 210 Å². The summed E-state index contributed by atoms with van der Waals surface area (Å²) >= 11 is 0. The van der Waals surface area contributed by atoms with Crippen LogP contribution in [0, 0.1) is 13.8 Å². The van der Waals surface area contributed by atoms with Crippen molar-refractivity contribution in [2.75, 3.05) is 25.0 Å². The number of nitrogens with zero attached hydrogens (tertiary/aromatic N) is 2. The van der Waals surface area contributed by atoms with Crippen molar-refractivity contribution >= 4 is 28.4 Å². The van der Waals surface area contributed by atoms with Crippen molar-refractivity contribution in [1.29, 1.82) is 0 Å². The number of para-hydroxylation sites is 1. The van der Waals surface area contributed by atoms with E-state index in [0.29, 0.717) is 35.7 Å². The summed E-state index contributed by atoms with van der Waals surface area (Å²) in [6.07, 6.45) is 3.29. The first-order valence-corrected chi connectivity index (χ1v) is 12.2. The van der Waals surface area contributed by atoms with Crippen molar-refractivity contribution < 1.29 is 18.7 Å². The molecule has 0 radical (unpaired) electrons. The van der Waals surface area contributed by atoms with Crippen LogP contribution in [-0.4, -0.2) is 47.5 Å². The third-order valence-electron chi connectivity index (χ3n) is 6.67. The average molecular weight is 484 g/mol. The highest BCUT2D eigenvalue weighted by atomic mass is 16.5. The monoisotopic (exact) mass is 483 g/mol. The Balaban J connectivity index is 1.48. The molecular formula is C29H29N3O4. The fraction of sp³-hybridized carbons (Fsp3) is 0.276. The van der Waals surface area contributed by atoms with Gasteiger partial charge in [-0.15, -0.1) is 0 Å². The van der Waals surface area contributed by atoms with Gasteiger partial charge in [-0.3, -0.25) is 9.59 Å². The molecule has 1 N–H and O–H groups in total. The molecule has 0 spiro atoms. The number of hydrogen-bond acceptors (Lipinski definition) is 5. The topological polar surface area (TPSA) is 84.7 Å². The summed E-state index contributed by atoms with van der Waals surface area (Å²) in [6, 6.07) is 18.6. The molecule has 2 aromatic carbocycles. The molecule has 36 heavy (non-hydrogen) atoms. The Morgan fingerprint density at radius 1 is 1.08 bits per heavy atom. The van der Waals surface area contributed by atoms with E-state index in [-0.39, 0.29) is 24.5 Å². The number of amides is 2. The van der Waals surface area contributed by atoms with Gasteiger partial charge in [0.2, 0.25) is 5.91 Å². The second-order valence-electron chi connectivity index (χ2n) is 9.17. The van der Waals surface area contributed by atoms with Crippen molar-refractivity contribution in [3.05, 3.63) is 83.6 Å². The number of anilines is 1. The van der Waals surface area contributed by atoms with Crippen LogP contribution < -0.4 is 5.32 Å². The highest BCUT2D eigenvalue weighted by Crippen LogP contribution is 2.27. The summed E-state index contributed by atoms with van der Waals surface area (Å²) in [6.45, 7) is 4.90. The van der Waals surface area contributed by atoms with Crippen LogP contribution >= 0.6 is 0 Å². The van der Waals surface area contributed by atoms with Gasteiger partial charge < -0.3 is 19.4 Å². The zero-order valence-electron chi connectivity index (χ0n) is 20.5. The number of rotatable bonds is 7. The third-order valence-corrected chi connectivity index (χ3v) is 6.67.